The maximum Gasteiger partial charge on any atom is 0.412 e. The largest absolute Gasteiger partial charge is 0.459 e. The van der Waals surface area contributed by atoms with Gasteiger partial charge in [0.15, 0.2) is 0 Å². The number of amides is 2. The van der Waals surface area contributed by atoms with Crippen LogP contribution < -0.4 is 14.8 Å². The Bertz CT molecular complexity index is 1460. The zero-order valence-corrected chi connectivity index (χ0v) is 32.3. The van der Waals surface area contributed by atoms with Crippen LogP contribution in [-0.2, 0) is 19.0 Å². The van der Waals surface area contributed by atoms with E-state index in [4.69, 9.17) is 33.7 Å². The summed E-state index contributed by atoms with van der Waals surface area (Å²) in [6.45, 7) is 11.6. The molecular weight excluding hydrogens is 694 g/mol. The molecule has 2 amide bonds. The number of hydrogen-bond donors (Lipinski definition) is 3. The predicted octanol–water partition coefficient (Wildman–Crippen LogP) is 6.82. The van der Waals surface area contributed by atoms with Gasteiger partial charge in [-0.05, 0) is 94.4 Å². The van der Waals surface area contributed by atoms with Gasteiger partial charge in [-0.3, -0.25) is 4.90 Å². The van der Waals surface area contributed by atoms with E-state index in [-0.39, 0.29) is 50.6 Å². The van der Waals surface area contributed by atoms with E-state index in [2.05, 4.69) is 18.0 Å². The van der Waals surface area contributed by atoms with Crippen LogP contribution in [0.25, 0.3) is 0 Å². The lowest BCUT2D eigenvalue weighted by atomic mass is 9.55. The van der Waals surface area contributed by atoms with Gasteiger partial charge in [-0.1, -0.05) is 37.1 Å². The van der Waals surface area contributed by atoms with Gasteiger partial charge < -0.3 is 44.1 Å². The lowest BCUT2D eigenvalue weighted by molar-refractivity contribution is -0.255. The number of aliphatic hydroxyl groups excluding tert-OH is 2. The number of nitrogens with one attached hydrogen (secondary N) is 1. The van der Waals surface area contributed by atoms with Gasteiger partial charge in [0.2, 0.25) is 12.1 Å². The van der Waals surface area contributed by atoms with Crippen LogP contribution in [0.5, 0.6) is 11.5 Å². The van der Waals surface area contributed by atoms with Crippen LogP contribution >= 0.6 is 0 Å². The second kappa shape index (κ2) is 20.3. The van der Waals surface area contributed by atoms with Crippen molar-refractivity contribution in [2.75, 3.05) is 46.1 Å². The van der Waals surface area contributed by atoms with Crippen molar-refractivity contribution < 1.29 is 48.3 Å². The topological polar surface area (TPSA) is 158 Å². The van der Waals surface area contributed by atoms with Crippen molar-refractivity contribution in [3.8, 4) is 11.5 Å². The van der Waals surface area contributed by atoms with E-state index in [1.807, 2.05) is 26.0 Å². The molecule has 54 heavy (non-hydrogen) atoms. The summed E-state index contributed by atoms with van der Waals surface area (Å²) in [5, 5.41) is 27.2. The van der Waals surface area contributed by atoms with E-state index in [1.54, 1.807) is 24.0 Å². The van der Waals surface area contributed by atoms with Crippen LogP contribution in [0, 0.1) is 17.8 Å². The molecule has 300 valence electrons. The van der Waals surface area contributed by atoms with Crippen molar-refractivity contribution in [1.82, 2.24) is 10.2 Å². The molecule has 5 rings (SSSR count). The van der Waals surface area contributed by atoms with Gasteiger partial charge in [-0.2, -0.15) is 0 Å². The third-order valence-corrected chi connectivity index (χ3v) is 10.9. The number of unbranched alkanes of at least 4 members (excludes halogenated alkanes) is 2. The molecule has 13 nitrogen and oxygen atoms in total. The second-order valence-corrected chi connectivity index (χ2v) is 14.5. The van der Waals surface area contributed by atoms with Crippen molar-refractivity contribution in [3.63, 3.8) is 0 Å². The molecule has 13 heteroatoms. The average Bonchev–Trinajstić information content (AvgIpc) is 3.17. The Morgan fingerprint density at radius 2 is 1.91 bits per heavy atom. The molecular formula is C41H61N3O10. The molecule has 0 aromatic heterocycles. The standard InChI is InChI=1S/C41H61N3O10/c1-5-20-44(40(48)49-8-4)35-27-33(43-54-36-17-11-14-24-50-36)31-25-28(15-9-12-21-45)30(16-10-13-22-46)37-32-26-29(52-39(47)42-7-3)18-19-34(32)53-41(35,38(31)37)51-23-6-2/h6,18-19,25-26,28,30,35-38,45-46H,2,5,7-17,20-24,27H2,1,3-4H3,(H,42,47). The van der Waals surface area contributed by atoms with Crippen molar-refractivity contribution in [1.29, 1.82) is 0 Å². The maximum atomic E-state index is 13.9. The summed E-state index contributed by atoms with van der Waals surface area (Å²) >= 11 is 0. The first-order chi connectivity index (χ1) is 26.3. The van der Waals surface area contributed by atoms with Crippen LogP contribution in [0.15, 0.2) is 47.7 Å². The van der Waals surface area contributed by atoms with E-state index < -0.39 is 36.2 Å². The second-order valence-electron chi connectivity index (χ2n) is 14.5. The van der Waals surface area contributed by atoms with E-state index in [9.17, 15) is 19.8 Å². The highest BCUT2D eigenvalue weighted by Crippen LogP contribution is 2.62. The van der Waals surface area contributed by atoms with Crippen LogP contribution in [0.4, 0.5) is 9.59 Å². The third-order valence-electron chi connectivity index (χ3n) is 10.9. The Balaban J connectivity index is 1.77. The quantitative estimate of drug-likeness (QED) is 0.0778. The van der Waals surface area contributed by atoms with Crippen molar-refractivity contribution in [2.45, 2.75) is 115 Å². The highest BCUT2D eigenvalue weighted by molar-refractivity contribution is 6.03. The zero-order chi connectivity index (χ0) is 38.5. The van der Waals surface area contributed by atoms with Crippen molar-refractivity contribution in [3.05, 3.63) is 48.1 Å². The van der Waals surface area contributed by atoms with Gasteiger partial charge >= 0.3 is 12.2 Å². The Morgan fingerprint density at radius 1 is 1.11 bits per heavy atom. The number of ether oxygens (including phenoxy) is 5. The molecule has 1 saturated carbocycles. The summed E-state index contributed by atoms with van der Waals surface area (Å²) in [4.78, 5) is 34.5. The fourth-order valence-electron chi connectivity index (χ4n) is 8.74. The summed E-state index contributed by atoms with van der Waals surface area (Å²) in [6.07, 6.45) is 10.6. The number of nitrogens with zero attached hydrogens (tertiary/aromatic N) is 2. The number of allylic oxidation sites excluding steroid dienone is 1. The molecule has 4 aliphatic rings. The summed E-state index contributed by atoms with van der Waals surface area (Å²) in [6, 6.07) is 4.74. The van der Waals surface area contributed by atoms with Crippen molar-refractivity contribution >= 4 is 17.9 Å². The molecule has 3 N–H and O–H groups in total. The van der Waals surface area contributed by atoms with Gasteiger partial charge in [0.25, 0.3) is 0 Å². The van der Waals surface area contributed by atoms with Crippen LogP contribution in [0.2, 0.25) is 0 Å². The molecule has 7 unspecified atom stereocenters. The number of rotatable bonds is 19. The molecule has 1 aromatic carbocycles. The summed E-state index contributed by atoms with van der Waals surface area (Å²) in [5.74, 6) is -1.09. The van der Waals surface area contributed by atoms with Gasteiger partial charge in [-0.25, -0.2) is 9.59 Å². The number of aliphatic hydroxyl groups is 2. The van der Waals surface area contributed by atoms with Crippen molar-refractivity contribution in [2.24, 2.45) is 22.9 Å². The maximum absolute atomic E-state index is 13.9. The summed E-state index contributed by atoms with van der Waals surface area (Å²) in [7, 11) is 0. The number of hydrogen-bond acceptors (Lipinski definition) is 11. The predicted molar refractivity (Wildman–Crippen MR) is 203 cm³/mol. The molecule has 0 radical (unpaired) electrons. The first-order valence-electron chi connectivity index (χ1n) is 20.1. The first-order valence-corrected chi connectivity index (χ1v) is 20.1. The molecule has 2 aliphatic heterocycles. The minimum Gasteiger partial charge on any atom is -0.459 e. The highest BCUT2D eigenvalue weighted by Gasteiger charge is 2.65. The minimum atomic E-state index is -1.40. The van der Waals surface area contributed by atoms with Gasteiger partial charge in [0.05, 0.1) is 31.5 Å². The monoisotopic (exact) mass is 755 g/mol. The normalized spacial score (nSPS) is 27.8. The minimum absolute atomic E-state index is 0.0304. The first kappa shape index (κ1) is 41.5. The molecule has 1 aromatic rings. The van der Waals surface area contributed by atoms with Gasteiger partial charge in [0.1, 0.15) is 17.5 Å². The number of carbonyl (C=O) groups excluding carboxylic acids is 2. The van der Waals surface area contributed by atoms with Crippen LogP contribution in [0.1, 0.15) is 103 Å². The molecule has 1 saturated heterocycles. The zero-order valence-electron chi connectivity index (χ0n) is 32.3. The Morgan fingerprint density at radius 3 is 2.59 bits per heavy atom. The molecule has 0 bridgehead atoms. The van der Waals surface area contributed by atoms with E-state index in [1.165, 1.54) is 0 Å². The molecule has 2 aliphatic carbocycles. The van der Waals surface area contributed by atoms with Crippen LogP contribution in [0.3, 0.4) is 0 Å². The lowest BCUT2D eigenvalue weighted by Gasteiger charge is -2.59. The molecule has 2 fully saturated rings. The fourth-order valence-corrected chi connectivity index (χ4v) is 8.74. The number of oxime groups is 1. The average molecular weight is 756 g/mol. The fraction of sp³-hybridized carbons (Fsp3) is 0.683. The number of benzene rings is 1. The molecule has 2 heterocycles. The number of fused-ring (bicyclic) bond motifs is 2. The Hall–Kier alpha value is -3.65. The Kier molecular flexibility index (Phi) is 15.6. The summed E-state index contributed by atoms with van der Waals surface area (Å²) in [5.41, 5.74) is 2.47. The SMILES string of the molecule is C=CCOC12Oc3ccc(OC(=O)NCC)cc3C3C(CCCCO)C(CCCCO)C=C(C(=NOC4CCCCO4)CC1N(CCC)C(=O)OCC)C32. The van der Waals surface area contributed by atoms with E-state index >= 15 is 0 Å². The van der Waals surface area contributed by atoms with E-state index in [0.29, 0.717) is 56.2 Å². The Labute approximate surface area is 320 Å². The summed E-state index contributed by atoms with van der Waals surface area (Å²) < 4.78 is 31.5. The smallest absolute Gasteiger partial charge is 0.412 e. The van der Waals surface area contributed by atoms with Gasteiger partial charge in [-0.15, -0.1) is 6.58 Å². The lowest BCUT2D eigenvalue weighted by Crippen LogP contribution is -2.70. The molecule has 7 atom stereocenters. The third kappa shape index (κ3) is 9.41. The van der Waals surface area contributed by atoms with Gasteiger partial charge in [0, 0.05) is 50.6 Å². The highest BCUT2D eigenvalue weighted by atomic mass is 16.8. The number of carbonyl (C=O) groups is 2. The van der Waals surface area contributed by atoms with E-state index in [0.717, 1.165) is 56.1 Å². The molecule has 0 spiro atoms. The van der Waals surface area contributed by atoms with Crippen LogP contribution in [-0.4, -0.2) is 97.3 Å².